The molecule has 0 amide bonds. The molecule has 6 fully saturated rings. The molecule has 10 atom stereocenters. The summed E-state index contributed by atoms with van der Waals surface area (Å²) >= 11 is 0. The first-order valence-corrected chi connectivity index (χ1v) is 27.6. The van der Waals surface area contributed by atoms with E-state index in [0.29, 0.717) is 34.8 Å². The van der Waals surface area contributed by atoms with Gasteiger partial charge in [-0.05, 0) is 169 Å². The first-order valence-electron chi connectivity index (χ1n) is 24.8. The summed E-state index contributed by atoms with van der Waals surface area (Å²) in [5.41, 5.74) is 4.77. The molecule has 72 heavy (non-hydrogen) atoms. The van der Waals surface area contributed by atoms with E-state index in [1.165, 1.54) is 37.1 Å². The Labute approximate surface area is 423 Å². The van der Waals surface area contributed by atoms with Gasteiger partial charge in [0.1, 0.15) is 21.3 Å². The van der Waals surface area contributed by atoms with Gasteiger partial charge in [-0.1, -0.05) is 39.8 Å². The Bertz CT molecular complexity index is 2990. The van der Waals surface area contributed by atoms with Crippen LogP contribution in [0.25, 0.3) is 32.6 Å². The lowest BCUT2D eigenvalue weighted by Crippen LogP contribution is -2.54. The van der Waals surface area contributed by atoms with Crippen LogP contribution in [0.2, 0.25) is 0 Å². The van der Waals surface area contributed by atoms with Crippen LogP contribution in [0.5, 0.6) is 11.5 Å². The van der Waals surface area contributed by atoms with E-state index >= 15 is 0 Å². The van der Waals surface area contributed by atoms with Crippen molar-refractivity contribution in [3.63, 3.8) is 0 Å². The van der Waals surface area contributed by atoms with E-state index in [9.17, 15) is 36.2 Å². The second-order valence-electron chi connectivity index (χ2n) is 20.3. The number of hydrogen-bond acceptors (Lipinski definition) is 12. The van der Waals surface area contributed by atoms with Crippen molar-refractivity contribution in [2.24, 2.45) is 23.7 Å². The molecule has 8 heterocycles. The predicted molar refractivity (Wildman–Crippen MR) is 282 cm³/mol. The first-order chi connectivity index (χ1) is 34.2. The molecule has 0 radical (unpaired) electrons. The van der Waals surface area contributed by atoms with Crippen molar-refractivity contribution >= 4 is 52.8 Å². The molecule has 4 bridgehead atoms. The topological polar surface area (TPSA) is 200 Å². The van der Waals surface area contributed by atoms with Gasteiger partial charge in [0.2, 0.25) is 0 Å². The number of nitrogens with zero attached hydrogens (tertiary/aromatic N) is 4. The van der Waals surface area contributed by atoms with E-state index in [1.54, 1.807) is 26.6 Å². The molecule has 6 aliphatic rings. The maximum atomic E-state index is 11.8. The summed E-state index contributed by atoms with van der Waals surface area (Å²) in [5, 5.41) is 24.4. The van der Waals surface area contributed by atoms with Crippen LogP contribution in [0.3, 0.4) is 0 Å². The third-order valence-corrected chi connectivity index (χ3v) is 17.4. The molecule has 0 spiro atoms. The van der Waals surface area contributed by atoms with Crippen molar-refractivity contribution < 1.29 is 45.6 Å². The molecule has 4 aromatic carbocycles. The Hall–Kier alpha value is -5.30. The number of aromatic nitrogens is 2. The van der Waals surface area contributed by atoms with Crippen LogP contribution in [0, 0.1) is 23.7 Å². The highest BCUT2D eigenvalue weighted by Crippen LogP contribution is 2.44. The molecule has 6 unspecified atom stereocenters. The van der Waals surface area contributed by atoms with Gasteiger partial charge in [-0.2, -0.15) is 16.8 Å². The van der Waals surface area contributed by atoms with E-state index in [-0.39, 0.29) is 44.5 Å². The molecule has 14 nitrogen and oxygen atoms in total. The number of rotatable bonds is 12. The minimum Gasteiger partial charge on any atom is -0.497 e. The van der Waals surface area contributed by atoms with Crippen molar-refractivity contribution in [2.45, 2.75) is 99.3 Å². The zero-order valence-corrected chi connectivity index (χ0v) is 43.6. The molecule has 4 N–H and O–H groups in total. The second kappa shape index (κ2) is 21.7. The quantitative estimate of drug-likeness (QED) is 0.0667. The lowest BCUT2D eigenvalue weighted by Gasteiger charge is -2.50. The molecule has 0 aliphatic carbocycles. The van der Waals surface area contributed by atoms with Crippen molar-refractivity contribution in [1.29, 1.82) is 0 Å². The van der Waals surface area contributed by atoms with Gasteiger partial charge in [-0.15, -0.1) is 13.2 Å². The van der Waals surface area contributed by atoms with Crippen molar-refractivity contribution in [3.8, 4) is 11.5 Å². The number of hydrogen-bond donors (Lipinski definition) is 4. The molecular weight excluding hydrogens is 953 g/mol. The zero-order valence-electron chi connectivity index (χ0n) is 41.9. The van der Waals surface area contributed by atoms with Crippen LogP contribution in [0.1, 0.15) is 99.7 Å². The van der Waals surface area contributed by atoms with Crippen LogP contribution in [-0.4, -0.2) is 108 Å². The fraction of sp³-hybridized carbons (Fsp3) is 0.429. The van der Waals surface area contributed by atoms with Gasteiger partial charge in [-0.3, -0.25) is 28.9 Å². The number of aliphatic hydroxyl groups excluding tert-OH is 2. The Morgan fingerprint density at radius 1 is 0.597 bits per heavy atom. The van der Waals surface area contributed by atoms with E-state index in [1.807, 2.05) is 76.2 Å². The van der Waals surface area contributed by atoms with Crippen molar-refractivity contribution in [1.82, 2.24) is 19.8 Å². The lowest BCUT2D eigenvalue weighted by atomic mass is 9.73. The zero-order chi connectivity index (χ0) is 51.8. The number of pyridine rings is 2. The highest BCUT2D eigenvalue weighted by Gasteiger charge is 2.43. The minimum atomic E-state index is -4.57. The van der Waals surface area contributed by atoms with Gasteiger partial charge in [0.15, 0.2) is 0 Å². The summed E-state index contributed by atoms with van der Waals surface area (Å²) in [6.07, 6.45) is 11.2. The van der Waals surface area contributed by atoms with E-state index in [2.05, 4.69) is 45.1 Å². The number of aliphatic hydroxyl groups is 2. The third kappa shape index (κ3) is 11.0. The molecule has 6 aliphatic heterocycles. The third-order valence-electron chi connectivity index (χ3n) is 15.6. The molecular formula is C56H68N4O10S2. The number of methoxy groups -OCH3 is 2. The smallest absolute Gasteiger partial charge is 0.295 e. The molecule has 2 aromatic heterocycles. The van der Waals surface area contributed by atoms with Crippen LogP contribution < -0.4 is 9.47 Å². The minimum absolute atomic E-state index is 0.0701. The Morgan fingerprint density at radius 3 is 1.29 bits per heavy atom. The van der Waals surface area contributed by atoms with Crippen molar-refractivity contribution in [3.05, 3.63) is 133 Å². The van der Waals surface area contributed by atoms with Gasteiger partial charge < -0.3 is 19.7 Å². The van der Waals surface area contributed by atoms with Crippen LogP contribution in [0.4, 0.5) is 0 Å². The molecule has 6 saturated heterocycles. The highest BCUT2D eigenvalue weighted by molar-refractivity contribution is 7.86. The van der Waals surface area contributed by atoms with Gasteiger partial charge in [0.25, 0.3) is 20.2 Å². The van der Waals surface area contributed by atoms with Gasteiger partial charge >= 0.3 is 0 Å². The summed E-state index contributed by atoms with van der Waals surface area (Å²) in [7, 11) is -5.81. The van der Waals surface area contributed by atoms with E-state index in [4.69, 9.17) is 9.47 Å². The molecule has 6 aromatic rings. The highest BCUT2D eigenvalue weighted by atomic mass is 32.2. The Kier molecular flexibility index (Phi) is 15.9. The van der Waals surface area contributed by atoms with Crippen LogP contribution in [-0.2, 0) is 20.2 Å². The maximum Gasteiger partial charge on any atom is 0.295 e. The Balaban J connectivity index is 0.000000144. The predicted octanol–water partition coefficient (Wildman–Crippen LogP) is 9.93. The van der Waals surface area contributed by atoms with Gasteiger partial charge in [-0.25, -0.2) is 0 Å². The summed E-state index contributed by atoms with van der Waals surface area (Å²) in [6, 6.07) is 21.6. The number of ether oxygens (including phenoxy) is 2. The Morgan fingerprint density at radius 2 is 0.986 bits per heavy atom. The number of piperidine rings is 6. The van der Waals surface area contributed by atoms with Gasteiger partial charge in [0.05, 0.1) is 37.5 Å². The summed E-state index contributed by atoms with van der Waals surface area (Å²) in [5.74, 6) is 3.81. The fourth-order valence-corrected chi connectivity index (χ4v) is 12.9. The molecule has 12 rings (SSSR count). The summed E-state index contributed by atoms with van der Waals surface area (Å²) < 4.78 is 77.1. The summed E-state index contributed by atoms with van der Waals surface area (Å²) in [6.45, 7) is 19.4. The monoisotopic (exact) mass is 1020 g/mol. The normalized spacial score (nSPS) is 24.6. The van der Waals surface area contributed by atoms with Crippen molar-refractivity contribution in [2.75, 3.05) is 40.4 Å². The maximum absolute atomic E-state index is 11.8. The van der Waals surface area contributed by atoms with E-state index in [0.717, 1.165) is 83.5 Å². The lowest BCUT2D eigenvalue weighted by molar-refractivity contribution is -0.0445. The van der Waals surface area contributed by atoms with Crippen LogP contribution >= 0.6 is 0 Å². The molecule has 384 valence electrons. The molecule has 16 heteroatoms. The standard InChI is InChI=1S/2C20H24N2O2.C16H20O6S2/c2*1-3-13-12-22-9-7-14(13)10-19(22)20(23)16-6-8-21-18-5-4-15(24-2)11-17(16)18;1-9(2)11-5-13-14(15(7-11)23(17,18)19)6-12(10(3)4)8-16(13)24(20,21)22/h2*3-6,8,11,13-14,19-20,23H,1,7,9-10,12H2,2H3;5-10H,1-4H3,(H,17,18,19)(H,20,21,22)/t2*13?,14?,19-,20+;/m00./s1. The van der Waals surface area contributed by atoms with E-state index < -0.39 is 32.4 Å². The summed E-state index contributed by atoms with van der Waals surface area (Å²) in [4.78, 5) is 13.0. The average molecular weight is 1020 g/mol. The second-order valence-corrected chi connectivity index (χ2v) is 23.1. The largest absolute Gasteiger partial charge is 0.497 e. The SMILES string of the molecule is C=CC1CN2CCC1C[C@H]2[C@H](O)c1ccnc2ccc(OC)cc12.C=CC1CN2CCC1C[C@H]2[C@H](O)c1ccnc2ccc(OC)cc12.CC(C)c1cc(S(=O)(=O)O)c2cc(C(C)C)cc(S(=O)(=O)O)c2c1. The first kappa shape index (κ1) is 53.0. The molecule has 0 saturated carbocycles. The fourth-order valence-electron chi connectivity index (χ4n) is 11.4. The number of fused-ring (bicyclic) bond motifs is 9. The van der Waals surface area contributed by atoms with Gasteiger partial charge in [0, 0.05) is 59.1 Å². The van der Waals surface area contributed by atoms with Crippen LogP contribution in [0.15, 0.2) is 120 Å². The average Bonchev–Trinajstić information content (AvgIpc) is 3.38. The number of benzene rings is 4.